The summed E-state index contributed by atoms with van der Waals surface area (Å²) in [5.74, 6) is 0.687. The van der Waals surface area contributed by atoms with Crippen LogP contribution in [0.5, 0.6) is 0 Å². The van der Waals surface area contributed by atoms with Crippen LogP contribution in [0.3, 0.4) is 0 Å². The van der Waals surface area contributed by atoms with Crippen LogP contribution < -0.4 is 10.5 Å². The van der Waals surface area contributed by atoms with Gasteiger partial charge in [-0.2, -0.15) is 0 Å². The van der Waals surface area contributed by atoms with E-state index in [9.17, 15) is 9.59 Å². The molecule has 1 aliphatic heterocycles. The van der Waals surface area contributed by atoms with Crippen LogP contribution in [0.2, 0.25) is 0 Å². The number of likely N-dealkylation sites (tertiary alicyclic amines) is 1. The molecule has 1 saturated heterocycles. The highest BCUT2D eigenvalue weighted by Gasteiger charge is 2.33. The Morgan fingerprint density at radius 2 is 2.00 bits per heavy atom. The van der Waals surface area contributed by atoms with E-state index < -0.39 is 0 Å². The molecule has 0 bridgehead atoms. The Kier molecular flexibility index (Phi) is 7.05. The molecule has 32 heavy (non-hydrogen) atoms. The standard InChI is InChI=1S/C25H33N5O2/c1-28(2)13-4-6-24(31)29-14-3-5-22(18-29)30(17-19-7-8-19)23-15-21(16-27-25(23)32)20-9-11-26-12-10-20/h4,6,9-12,15-16,19,22H,3,5,7-8,13-14,17-18H2,1-2H3,(H,27,32)/t22-/m0/s1. The number of H-pyrrole nitrogens is 1. The van der Waals surface area contributed by atoms with Crippen LogP contribution in [0.1, 0.15) is 25.7 Å². The average Bonchev–Trinajstić information content (AvgIpc) is 3.63. The van der Waals surface area contributed by atoms with Gasteiger partial charge >= 0.3 is 0 Å². The molecule has 0 spiro atoms. The summed E-state index contributed by atoms with van der Waals surface area (Å²) in [5, 5.41) is 0. The molecule has 2 aromatic rings. The number of aromatic amines is 1. The zero-order valence-electron chi connectivity index (χ0n) is 19.0. The second-order valence-corrected chi connectivity index (χ2v) is 9.18. The Bertz CT molecular complexity index is 997. The predicted molar refractivity (Wildman–Crippen MR) is 128 cm³/mol. The number of piperidine rings is 1. The maximum absolute atomic E-state index is 12.9. The first kappa shape index (κ1) is 22.3. The molecule has 7 heteroatoms. The summed E-state index contributed by atoms with van der Waals surface area (Å²) in [6.45, 7) is 3.03. The Morgan fingerprint density at radius 3 is 2.72 bits per heavy atom. The Labute approximate surface area is 189 Å². The summed E-state index contributed by atoms with van der Waals surface area (Å²) in [6.07, 6.45) is 13.2. The lowest BCUT2D eigenvalue weighted by atomic mass is 10.0. The quantitative estimate of drug-likeness (QED) is 0.646. The van der Waals surface area contributed by atoms with E-state index >= 15 is 0 Å². The van der Waals surface area contributed by atoms with Crippen molar-refractivity contribution in [3.63, 3.8) is 0 Å². The van der Waals surface area contributed by atoms with Crippen molar-refractivity contribution in [2.24, 2.45) is 5.92 Å². The SMILES string of the molecule is CN(C)CC=CC(=O)N1CCC[C@H](N(CC2CC2)c2cc(-c3ccncc3)c[nH]c2=O)C1. The largest absolute Gasteiger partial charge is 0.362 e. The maximum atomic E-state index is 12.9. The van der Waals surface area contributed by atoms with Gasteiger partial charge in [0.05, 0.1) is 0 Å². The molecule has 1 atom stereocenters. The third-order valence-electron chi connectivity index (χ3n) is 6.24. The number of nitrogens with one attached hydrogen (secondary N) is 1. The zero-order chi connectivity index (χ0) is 22.5. The molecular weight excluding hydrogens is 402 g/mol. The molecule has 4 rings (SSSR count). The Hall–Kier alpha value is -2.93. The maximum Gasteiger partial charge on any atom is 0.271 e. The Balaban J connectivity index is 1.57. The lowest BCUT2D eigenvalue weighted by Crippen LogP contribution is -2.51. The minimum Gasteiger partial charge on any atom is -0.362 e. The second-order valence-electron chi connectivity index (χ2n) is 9.18. The molecule has 0 aromatic carbocycles. The van der Waals surface area contributed by atoms with Gasteiger partial charge in [-0.3, -0.25) is 14.6 Å². The number of hydrogen-bond donors (Lipinski definition) is 1. The van der Waals surface area contributed by atoms with E-state index in [1.807, 2.05) is 48.2 Å². The van der Waals surface area contributed by atoms with Gasteiger partial charge in [0, 0.05) is 62.5 Å². The number of anilines is 1. The monoisotopic (exact) mass is 435 g/mol. The molecule has 1 saturated carbocycles. The number of pyridine rings is 2. The van der Waals surface area contributed by atoms with Crippen LogP contribution in [0.15, 0.2) is 53.7 Å². The lowest BCUT2D eigenvalue weighted by Gasteiger charge is -2.40. The number of hydrogen-bond acceptors (Lipinski definition) is 5. The first-order chi connectivity index (χ1) is 15.5. The van der Waals surface area contributed by atoms with Crippen molar-refractivity contribution in [2.75, 3.05) is 45.2 Å². The fraction of sp³-hybridized carbons (Fsp3) is 0.480. The van der Waals surface area contributed by atoms with Gasteiger partial charge in [0.25, 0.3) is 5.56 Å². The molecule has 0 unspecified atom stereocenters. The topological polar surface area (TPSA) is 72.5 Å². The number of amides is 1. The zero-order valence-corrected chi connectivity index (χ0v) is 19.0. The van der Waals surface area contributed by atoms with Crippen molar-refractivity contribution in [3.8, 4) is 11.1 Å². The highest BCUT2D eigenvalue weighted by atomic mass is 16.2. The first-order valence-electron chi connectivity index (χ1n) is 11.5. The molecule has 170 valence electrons. The summed E-state index contributed by atoms with van der Waals surface area (Å²) in [4.78, 5) is 38.9. The summed E-state index contributed by atoms with van der Waals surface area (Å²) >= 11 is 0. The molecule has 3 heterocycles. The average molecular weight is 436 g/mol. The van der Waals surface area contributed by atoms with Crippen LogP contribution in [0.4, 0.5) is 5.69 Å². The third kappa shape index (κ3) is 5.65. The number of carbonyl (C=O) groups excluding carboxylic acids is 1. The molecular formula is C25H33N5O2. The number of rotatable bonds is 8. The number of aromatic nitrogens is 2. The fourth-order valence-corrected chi connectivity index (χ4v) is 4.30. The van der Waals surface area contributed by atoms with Crippen LogP contribution in [-0.2, 0) is 4.79 Å². The predicted octanol–water partition coefficient (Wildman–Crippen LogP) is 2.76. The van der Waals surface area contributed by atoms with Crippen molar-refractivity contribution in [3.05, 3.63) is 59.3 Å². The minimum atomic E-state index is -0.0715. The lowest BCUT2D eigenvalue weighted by molar-refractivity contribution is -0.127. The van der Waals surface area contributed by atoms with Crippen LogP contribution >= 0.6 is 0 Å². The van der Waals surface area contributed by atoms with Gasteiger partial charge in [-0.25, -0.2) is 0 Å². The van der Waals surface area contributed by atoms with Crippen LogP contribution in [0, 0.1) is 5.92 Å². The van der Waals surface area contributed by atoms with E-state index in [2.05, 4.69) is 14.9 Å². The normalized spacial score (nSPS) is 19.0. The van der Waals surface area contributed by atoms with E-state index in [4.69, 9.17) is 0 Å². The van der Waals surface area contributed by atoms with Crippen molar-refractivity contribution in [1.82, 2.24) is 19.8 Å². The van der Waals surface area contributed by atoms with Gasteiger partial charge in [0.15, 0.2) is 0 Å². The van der Waals surface area contributed by atoms with E-state index in [1.54, 1.807) is 24.7 Å². The van der Waals surface area contributed by atoms with E-state index in [0.717, 1.165) is 43.6 Å². The highest BCUT2D eigenvalue weighted by molar-refractivity contribution is 5.87. The number of nitrogens with zero attached hydrogens (tertiary/aromatic N) is 4. The minimum absolute atomic E-state index is 0.0577. The smallest absolute Gasteiger partial charge is 0.271 e. The molecule has 1 aliphatic carbocycles. The van der Waals surface area contributed by atoms with Crippen molar-refractivity contribution < 1.29 is 4.79 Å². The summed E-state index contributed by atoms with van der Waals surface area (Å²) in [6, 6.07) is 6.03. The molecule has 7 nitrogen and oxygen atoms in total. The molecule has 0 radical (unpaired) electrons. The van der Waals surface area contributed by atoms with Gasteiger partial charge in [0.2, 0.25) is 5.91 Å². The summed E-state index contributed by atoms with van der Waals surface area (Å²) in [5.41, 5.74) is 2.62. The van der Waals surface area contributed by atoms with E-state index in [1.165, 1.54) is 12.8 Å². The fourth-order valence-electron chi connectivity index (χ4n) is 4.30. The number of likely N-dealkylation sites (N-methyl/N-ethyl adjacent to an activating group) is 1. The Morgan fingerprint density at radius 1 is 1.22 bits per heavy atom. The van der Waals surface area contributed by atoms with E-state index in [0.29, 0.717) is 18.2 Å². The second kappa shape index (κ2) is 10.1. The van der Waals surface area contributed by atoms with Crippen molar-refractivity contribution in [1.29, 1.82) is 0 Å². The first-order valence-corrected chi connectivity index (χ1v) is 11.5. The van der Waals surface area contributed by atoms with Crippen molar-refractivity contribution >= 4 is 11.6 Å². The molecule has 2 fully saturated rings. The van der Waals surface area contributed by atoms with Gasteiger partial charge in [-0.1, -0.05) is 6.08 Å². The van der Waals surface area contributed by atoms with Crippen LogP contribution in [0.25, 0.3) is 11.1 Å². The van der Waals surface area contributed by atoms with Crippen molar-refractivity contribution in [2.45, 2.75) is 31.7 Å². The van der Waals surface area contributed by atoms with Gasteiger partial charge in [-0.15, -0.1) is 0 Å². The molecule has 1 N–H and O–H groups in total. The summed E-state index contributed by atoms with van der Waals surface area (Å²) < 4.78 is 0. The van der Waals surface area contributed by atoms with Gasteiger partial charge in [-0.05, 0) is 69.5 Å². The van der Waals surface area contributed by atoms with Crippen LogP contribution in [-0.4, -0.2) is 72.0 Å². The van der Waals surface area contributed by atoms with Gasteiger partial charge < -0.3 is 19.7 Å². The molecule has 2 aliphatic rings. The molecule has 2 aromatic heterocycles. The molecule has 1 amide bonds. The summed E-state index contributed by atoms with van der Waals surface area (Å²) in [7, 11) is 3.97. The van der Waals surface area contributed by atoms with E-state index in [-0.39, 0.29) is 17.5 Å². The number of carbonyl (C=O) groups is 1. The van der Waals surface area contributed by atoms with Gasteiger partial charge in [0.1, 0.15) is 5.69 Å². The highest BCUT2D eigenvalue weighted by Crippen LogP contribution is 2.33. The third-order valence-corrected chi connectivity index (χ3v) is 6.24.